The summed E-state index contributed by atoms with van der Waals surface area (Å²) < 4.78 is 1.30. The molecular formula is C15H23IN2. The van der Waals surface area contributed by atoms with Gasteiger partial charge in [-0.2, -0.15) is 0 Å². The van der Waals surface area contributed by atoms with Crippen molar-refractivity contribution in [3.63, 3.8) is 0 Å². The number of nitrogens with zero attached hydrogens (tertiary/aromatic N) is 1. The number of hydrogen-bond acceptors (Lipinski definition) is 2. The molecule has 1 aromatic carbocycles. The van der Waals surface area contributed by atoms with E-state index in [1.807, 2.05) is 0 Å². The normalized spacial score (nSPS) is 18.4. The highest BCUT2D eigenvalue weighted by molar-refractivity contribution is 14.1. The third-order valence-electron chi connectivity index (χ3n) is 4.18. The molecule has 1 aromatic rings. The zero-order chi connectivity index (χ0) is 13.0. The van der Waals surface area contributed by atoms with Crippen LogP contribution < -0.4 is 5.32 Å². The Morgan fingerprint density at radius 2 is 1.78 bits per heavy atom. The fourth-order valence-electron chi connectivity index (χ4n) is 2.86. The van der Waals surface area contributed by atoms with E-state index in [4.69, 9.17) is 0 Å². The van der Waals surface area contributed by atoms with Crippen molar-refractivity contribution in [3.05, 3.63) is 33.4 Å². The van der Waals surface area contributed by atoms with Gasteiger partial charge in [-0.05, 0) is 67.2 Å². The third-order valence-corrected chi connectivity index (χ3v) is 4.90. The van der Waals surface area contributed by atoms with Gasteiger partial charge < -0.3 is 10.2 Å². The molecule has 0 radical (unpaired) electrons. The highest BCUT2D eigenvalue weighted by Gasteiger charge is 2.35. The van der Waals surface area contributed by atoms with Gasteiger partial charge in [-0.25, -0.2) is 0 Å². The van der Waals surface area contributed by atoms with Gasteiger partial charge in [0.1, 0.15) is 0 Å². The summed E-state index contributed by atoms with van der Waals surface area (Å²) >= 11 is 2.35. The Labute approximate surface area is 124 Å². The Bertz CT molecular complexity index is 367. The SMILES string of the molecule is CN(C)C1(CNCc2ccc(I)cc2)CCCC1. The van der Waals surface area contributed by atoms with Gasteiger partial charge >= 0.3 is 0 Å². The standard InChI is InChI=1S/C15H23IN2/c1-18(2)15(9-3-4-10-15)12-17-11-13-5-7-14(16)8-6-13/h5-8,17H,3-4,9-12H2,1-2H3. The van der Waals surface area contributed by atoms with Crippen molar-refractivity contribution in [2.24, 2.45) is 0 Å². The first-order valence-electron chi connectivity index (χ1n) is 6.75. The van der Waals surface area contributed by atoms with E-state index in [2.05, 4.69) is 71.2 Å². The summed E-state index contributed by atoms with van der Waals surface area (Å²) in [5.74, 6) is 0. The quantitative estimate of drug-likeness (QED) is 0.813. The molecule has 0 saturated heterocycles. The van der Waals surface area contributed by atoms with Crippen LogP contribution in [0.1, 0.15) is 31.2 Å². The minimum absolute atomic E-state index is 0.392. The Morgan fingerprint density at radius 3 is 2.33 bits per heavy atom. The molecule has 0 amide bonds. The monoisotopic (exact) mass is 358 g/mol. The first kappa shape index (κ1) is 14.3. The van der Waals surface area contributed by atoms with E-state index < -0.39 is 0 Å². The second-order valence-corrected chi connectivity index (χ2v) is 6.80. The topological polar surface area (TPSA) is 15.3 Å². The van der Waals surface area contributed by atoms with Crippen LogP contribution in [0.25, 0.3) is 0 Å². The molecule has 1 fully saturated rings. The second-order valence-electron chi connectivity index (χ2n) is 5.56. The number of nitrogens with one attached hydrogen (secondary N) is 1. The predicted octanol–water partition coefficient (Wildman–Crippen LogP) is 3.26. The Balaban J connectivity index is 1.85. The van der Waals surface area contributed by atoms with Crippen LogP contribution in [-0.2, 0) is 6.54 Å². The first-order valence-corrected chi connectivity index (χ1v) is 7.83. The van der Waals surface area contributed by atoms with Gasteiger partial charge in [0.25, 0.3) is 0 Å². The van der Waals surface area contributed by atoms with Gasteiger partial charge in [-0.15, -0.1) is 0 Å². The molecule has 1 aliphatic carbocycles. The van der Waals surface area contributed by atoms with Gasteiger partial charge in [-0.3, -0.25) is 0 Å². The van der Waals surface area contributed by atoms with Gasteiger partial charge in [0.15, 0.2) is 0 Å². The summed E-state index contributed by atoms with van der Waals surface area (Å²) in [7, 11) is 4.44. The molecule has 0 atom stereocenters. The van der Waals surface area contributed by atoms with Crippen molar-refractivity contribution in [3.8, 4) is 0 Å². The molecule has 3 heteroatoms. The summed E-state index contributed by atoms with van der Waals surface area (Å²) in [4.78, 5) is 2.42. The highest BCUT2D eigenvalue weighted by Crippen LogP contribution is 2.33. The lowest BCUT2D eigenvalue weighted by atomic mass is 9.96. The molecule has 2 nitrogen and oxygen atoms in total. The van der Waals surface area contributed by atoms with E-state index in [9.17, 15) is 0 Å². The molecule has 0 aliphatic heterocycles. The van der Waals surface area contributed by atoms with Crippen LogP contribution in [0.4, 0.5) is 0 Å². The highest BCUT2D eigenvalue weighted by atomic mass is 127. The lowest BCUT2D eigenvalue weighted by Gasteiger charge is -2.36. The maximum Gasteiger partial charge on any atom is 0.0328 e. The molecule has 0 unspecified atom stereocenters. The lowest BCUT2D eigenvalue weighted by molar-refractivity contribution is 0.153. The van der Waals surface area contributed by atoms with Crippen LogP contribution in [0.2, 0.25) is 0 Å². The van der Waals surface area contributed by atoms with Gasteiger partial charge in [0.05, 0.1) is 0 Å². The molecule has 0 heterocycles. The summed E-state index contributed by atoms with van der Waals surface area (Å²) in [6, 6.07) is 8.78. The zero-order valence-electron chi connectivity index (χ0n) is 11.4. The van der Waals surface area contributed by atoms with E-state index in [0.717, 1.165) is 13.1 Å². The summed E-state index contributed by atoms with van der Waals surface area (Å²) in [6.07, 6.45) is 5.42. The number of rotatable bonds is 5. The van der Waals surface area contributed by atoms with Crippen LogP contribution in [0.5, 0.6) is 0 Å². The number of hydrogen-bond donors (Lipinski definition) is 1. The fraction of sp³-hybridized carbons (Fsp3) is 0.600. The van der Waals surface area contributed by atoms with Crippen LogP contribution >= 0.6 is 22.6 Å². The number of benzene rings is 1. The van der Waals surface area contributed by atoms with Crippen LogP contribution in [0.15, 0.2) is 24.3 Å². The van der Waals surface area contributed by atoms with E-state index >= 15 is 0 Å². The van der Waals surface area contributed by atoms with Crippen LogP contribution in [0, 0.1) is 3.57 Å². The van der Waals surface area contributed by atoms with E-state index in [1.54, 1.807) is 0 Å². The Hall–Kier alpha value is -0.130. The molecular weight excluding hydrogens is 335 g/mol. The Kier molecular flexibility index (Phi) is 5.04. The van der Waals surface area contributed by atoms with Crippen molar-refractivity contribution in [1.29, 1.82) is 0 Å². The summed E-state index contributed by atoms with van der Waals surface area (Å²) in [6.45, 7) is 2.08. The summed E-state index contributed by atoms with van der Waals surface area (Å²) in [5, 5.41) is 3.64. The minimum Gasteiger partial charge on any atom is -0.311 e. The molecule has 100 valence electrons. The minimum atomic E-state index is 0.392. The zero-order valence-corrected chi connectivity index (χ0v) is 13.5. The Morgan fingerprint density at radius 1 is 1.17 bits per heavy atom. The van der Waals surface area contributed by atoms with Gasteiger partial charge in [-0.1, -0.05) is 25.0 Å². The van der Waals surface area contributed by atoms with Crippen molar-refractivity contribution in [1.82, 2.24) is 10.2 Å². The maximum absolute atomic E-state index is 3.64. The molecule has 1 saturated carbocycles. The average molecular weight is 358 g/mol. The smallest absolute Gasteiger partial charge is 0.0328 e. The lowest BCUT2D eigenvalue weighted by Crippen LogP contribution is -2.49. The van der Waals surface area contributed by atoms with Crippen molar-refractivity contribution in [2.75, 3.05) is 20.6 Å². The molecule has 0 spiro atoms. The van der Waals surface area contributed by atoms with Crippen molar-refractivity contribution < 1.29 is 0 Å². The molecule has 18 heavy (non-hydrogen) atoms. The molecule has 2 rings (SSSR count). The predicted molar refractivity (Wildman–Crippen MR) is 85.8 cm³/mol. The second kappa shape index (κ2) is 6.35. The van der Waals surface area contributed by atoms with E-state index in [1.165, 1.54) is 34.8 Å². The van der Waals surface area contributed by atoms with Crippen molar-refractivity contribution in [2.45, 2.75) is 37.8 Å². The average Bonchev–Trinajstić information content (AvgIpc) is 2.82. The van der Waals surface area contributed by atoms with E-state index in [-0.39, 0.29) is 0 Å². The molecule has 0 aromatic heterocycles. The van der Waals surface area contributed by atoms with Crippen LogP contribution in [0.3, 0.4) is 0 Å². The summed E-state index contributed by atoms with van der Waals surface area (Å²) in [5.41, 5.74) is 1.77. The largest absolute Gasteiger partial charge is 0.311 e. The van der Waals surface area contributed by atoms with Gasteiger partial charge in [0.2, 0.25) is 0 Å². The molecule has 0 bridgehead atoms. The third kappa shape index (κ3) is 3.45. The number of halogens is 1. The molecule has 1 N–H and O–H groups in total. The number of likely N-dealkylation sites (N-methyl/N-ethyl adjacent to an activating group) is 1. The van der Waals surface area contributed by atoms with Crippen molar-refractivity contribution >= 4 is 22.6 Å². The molecule has 1 aliphatic rings. The maximum atomic E-state index is 3.64. The van der Waals surface area contributed by atoms with E-state index in [0.29, 0.717) is 5.54 Å². The van der Waals surface area contributed by atoms with Crippen LogP contribution in [-0.4, -0.2) is 31.1 Å². The first-order chi connectivity index (χ1) is 8.62. The fourth-order valence-corrected chi connectivity index (χ4v) is 3.22. The van der Waals surface area contributed by atoms with Gasteiger partial charge in [0, 0.05) is 22.2 Å².